The molecule has 0 spiro atoms. The Morgan fingerprint density at radius 1 is 1.00 bits per heavy atom. The number of nitrogens with zero attached hydrogens (tertiary/aromatic N) is 2. The first kappa shape index (κ1) is 20.9. The Balaban J connectivity index is 1.41. The number of piperidine rings is 1. The Bertz CT molecular complexity index is 1170. The molecule has 1 amide bonds. The predicted molar refractivity (Wildman–Crippen MR) is 127 cm³/mol. The molecule has 5 nitrogen and oxygen atoms in total. The Morgan fingerprint density at radius 3 is 2.53 bits per heavy atom. The third-order valence-corrected chi connectivity index (χ3v) is 7.19. The molecule has 2 aliphatic rings. The van der Waals surface area contributed by atoms with Gasteiger partial charge in [0.1, 0.15) is 5.75 Å². The lowest BCUT2D eigenvalue weighted by Crippen LogP contribution is -2.50. The molecule has 0 unspecified atom stereocenters. The quantitative estimate of drug-likeness (QED) is 0.550. The fraction of sp³-hybridized carbons (Fsp3) is 0.308. The van der Waals surface area contributed by atoms with Gasteiger partial charge in [-0.15, -0.1) is 11.8 Å². The van der Waals surface area contributed by atoms with Gasteiger partial charge in [0.25, 0.3) is 11.5 Å². The minimum Gasteiger partial charge on any atom is -0.484 e. The van der Waals surface area contributed by atoms with Crippen LogP contribution in [-0.2, 0) is 11.3 Å². The van der Waals surface area contributed by atoms with Gasteiger partial charge in [-0.25, -0.2) is 0 Å². The summed E-state index contributed by atoms with van der Waals surface area (Å²) in [6.45, 7) is 1.98. The average Bonchev–Trinajstić information content (AvgIpc) is 2.84. The maximum Gasteiger partial charge on any atom is 0.260 e. The highest BCUT2D eigenvalue weighted by Gasteiger charge is 2.37. The molecule has 3 heterocycles. The van der Waals surface area contributed by atoms with Crippen molar-refractivity contribution in [3.05, 3.63) is 82.8 Å². The van der Waals surface area contributed by atoms with Crippen LogP contribution in [0.15, 0.2) is 76.4 Å². The van der Waals surface area contributed by atoms with Gasteiger partial charge in [-0.1, -0.05) is 30.3 Å². The molecule has 3 aromatic rings. The number of aromatic nitrogens is 1. The summed E-state index contributed by atoms with van der Waals surface area (Å²) in [4.78, 5) is 28.8. The third-order valence-electron chi connectivity index (χ3n) is 6.45. The van der Waals surface area contributed by atoms with E-state index in [2.05, 4.69) is 30.5 Å². The fourth-order valence-electron chi connectivity index (χ4n) is 4.99. The van der Waals surface area contributed by atoms with E-state index in [1.54, 1.807) is 17.8 Å². The average molecular weight is 447 g/mol. The van der Waals surface area contributed by atoms with Gasteiger partial charge in [-0.3, -0.25) is 9.59 Å². The van der Waals surface area contributed by atoms with Crippen molar-refractivity contribution in [1.29, 1.82) is 0 Å². The number of carbonyl (C=O) groups is 1. The van der Waals surface area contributed by atoms with Crippen molar-refractivity contribution in [1.82, 2.24) is 9.47 Å². The summed E-state index contributed by atoms with van der Waals surface area (Å²) >= 11 is 1.71. The lowest BCUT2D eigenvalue weighted by molar-refractivity contribution is -0.136. The molecule has 1 saturated heterocycles. The topological polar surface area (TPSA) is 51.5 Å². The van der Waals surface area contributed by atoms with Crippen LogP contribution in [0, 0.1) is 5.92 Å². The molecule has 164 valence electrons. The number of para-hydroxylation sites is 1. The highest BCUT2D eigenvalue weighted by molar-refractivity contribution is 7.98. The second-order valence-electron chi connectivity index (χ2n) is 8.51. The van der Waals surface area contributed by atoms with Gasteiger partial charge in [0.05, 0.1) is 0 Å². The smallest absolute Gasteiger partial charge is 0.260 e. The fourth-order valence-corrected chi connectivity index (χ4v) is 5.39. The van der Waals surface area contributed by atoms with E-state index >= 15 is 0 Å². The van der Waals surface area contributed by atoms with Crippen LogP contribution in [0.3, 0.4) is 0 Å². The van der Waals surface area contributed by atoms with Gasteiger partial charge in [-0.05, 0) is 54.5 Å². The van der Waals surface area contributed by atoms with Crippen LogP contribution in [0.25, 0.3) is 11.1 Å². The highest BCUT2D eigenvalue weighted by atomic mass is 32.2. The van der Waals surface area contributed by atoms with Crippen molar-refractivity contribution >= 4 is 17.7 Å². The van der Waals surface area contributed by atoms with Crippen molar-refractivity contribution in [2.75, 3.05) is 26.0 Å². The van der Waals surface area contributed by atoms with Gasteiger partial charge in [0.2, 0.25) is 0 Å². The number of rotatable bonds is 5. The number of benzene rings is 2. The summed E-state index contributed by atoms with van der Waals surface area (Å²) in [5, 5.41) is 0. The SMILES string of the molecule is CSc1ccc(-c2ccc(=O)n3c2[C@H]2C[C@@H](CN(C(=O)COc4ccccc4)C2)C3)cc1. The molecule has 6 heteroatoms. The monoisotopic (exact) mass is 446 g/mol. The van der Waals surface area contributed by atoms with Crippen molar-refractivity contribution in [3.8, 4) is 16.9 Å². The molecule has 2 aliphatic heterocycles. The Labute approximate surface area is 192 Å². The zero-order chi connectivity index (χ0) is 22.1. The molecule has 2 aromatic carbocycles. The summed E-state index contributed by atoms with van der Waals surface area (Å²) in [7, 11) is 0. The lowest BCUT2D eigenvalue weighted by atomic mass is 9.80. The molecular weight excluding hydrogens is 420 g/mol. The number of carbonyl (C=O) groups excluding carboxylic acids is 1. The van der Waals surface area contributed by atoms with Gasteiger partial charge < -0.3 is 14.2 Å². The number of ether oxygens (including phenoxy) is 1. The zero-order valence-corrected chi connectivity index (χ0v) is 18.9. The number of likely N-dealkylation sites (tertiary alicyclic amines) is 1. The zero-order valence-electron chi connectivity index (χ0n) is 18.1. The Kier molecular flexibility index (Phi) is 5.79. The summed E-state index contributed by atoms with van der Waals surface area (Å²) in [5.41, 5.74) is 3.31. The number of hydrogen-bond donors (Lipinski definition) is 0. The summed E-state index contributed by atoms with van der Waals surface area (Å²) in [6, 6.07) is 21.5. The van der Waals surface area contributed by atoms with Crippen LogP contribution < -0.4 is 10.3 Å². The molecule has 1 fully saturated rings. The number of amides is 1. The molecule has 2 bridgehead atoms. The van der Waals surface area contributed by atoms with Gasteiger partial charge in [0.15, 0.2) is 6.61 Å². The highest BCUT2D eigenvalue weighted by Crippen LogP contribution is 2.40. The van der Waals surface area contributed by atoms with Gasteiger partial charge >= 0.3 is 0 Å². The van der Waals surface area contributed by atoms with E-state index in [0.29, 0.717) is 25.4 Å². The van der Waals surface area contributed by atoms with Crippen LogP contribution in [0.5, 0.6) is 5.75 Å². The number of thioether (sulfide) groups is 1. The van der Waals surface area contributed by atoms with Crippen molar-refractivity contribution < 1.29 is 9.53 Å². The van der Waals surface area contributed by atoms with Gasteiger partial charge in [-0.2, -0.15) is 0 Å². The molecule has 2 atom stereocenters. The Morgan fingerprint density at radius 2 is 1.78 bits per heavy atom. The van der Waals surface area contributed by atoms with Gasteiger partial charge in [0, 0.05) is 47.8 Å². The summed E-state index contributed by atoms with van der Waals surface area (Å²) < 4.78 is 7.64. The first-order valence-corrected chi connectivity index (χ1v) is 12.2. The number of fused-ring (bicyclic) bond motifs is 4. The normalized spacial score (nSPS) is 19.3. The Hall–Kier alpha value is -2.99. The maximum absolute atomic E-state index is 12.9. The van der Waals surface area contributed by atoms with E-state index in [0.717, 1.165) is 23.2 Å². The molecular formula is C26H26N2O3S. The van der Waals surface area contributed by atoms with E-state index in [1.165, 1.54) is 4.90 Å². The van der Waals surface area contributed by atoms with E-state index in [9.17, 15) is 9.59 Å². The first-order valence-electron chi connectivity index (χ1n) is 11.0. The summed E-state index contributed by atoms with van der Waals surface area (Å²) in [5.74, 6) is 1.13. The van der Waals surface area contributed by atoms with Crippen LogP contribution in [-0.4, -0.2) is 41.3 Å². The maximum atomic E-state index is 12.9. The third kappa shape index (κ3) is 4.07. The standard InChI is InChI=1S/C26H26N2O3S/c1-32-22-9-7-19(8-10-22)23-11-12-24(29)28-15-18-13-20(26(23)28)16-27(14-18)25(30)17-31-21-5-3-2-4-6-21/h2-12,18,20H,13-17H2,1H3/t18-,20-/m0/s1. The van der Waals surface area contributed by atoms with Crippen molar-refractivity contribution in [3.63, 3.8) is 0 Å². The van der Waals surface area contributed by atoms with E-state index < -0.39 is 0 Å². The molecule has 5 rings (SSSR count). The summed E-state index contributed by atoms with van der Waals surface area (Å²) in [6.07, 6.45) is 3.07. The van der Waals surface area contributed by atoms with Crippen LogP contribution in [0.2, 0.25) is 0 Å². The molecule has 1 aromatic heterocycles. The van der Waals surface area contributed by atoms with E-state index in [-0.39, 0.29) is 29.9 Å². The second-order valence-corrected chi connectivity index (χ2v) is 9.39. The van der Waals surface area contributed by atoms with E-state index in [4.69, 9.17) is 4.74 Å². The second kappa shape index (κ2) is 8.87. The molecule has 32 heavy (non-hydrogen) atoms. The first-order chi connectivity index (χ1) is 15.6. The predicted octanol–water partition coefficient (Wildman–Crippen LogP) is 4.26. The molecule has 0 saturated carbocycles. The lowest BCUT2D eigenvalue weighted by Gasteiger charge is -2.43. The number of hydrogen-bond acceptors (Lipinski definition) is 4. The minimum absolute atomic E-state index is 0.00107. The largest absolute Gasteiger partial charge is 0.484 e. The van der Waals surface area contributed by atoms with Crippen LogP contribution in [0.1, 0.15) is 18.0 Å². The molecule has 0 radical (unpaired) electrons. The van der Waals surface area contributed by atoms with Crippen LogP contribution in [0.4, 0.5) is 0 Å². The van der Waals surface area contributed by atoms with E-state index in [1.807, 2.05) is 45.9 Å². The molecule has 0 aliphatic carbocycles. The number of pyridine rings is 1. The molecule has 0 N–H and O–H groups in total. The minimum atomic E-state index is 0.00107. The van der Waals surface area contributed by atoms with Crippen molar-refractivity contribution in [2.24, 2.45) is 5.92 Å². The van der Waals surface area contributed by atoms with Crippen LogP contribution >= 0.6 is 11.8 Å². The van der Waals surface area contributed by atoms with Crippen molar-refractivity contribution in [2.45, 2.75) is 23.8 Å².